The van der Waals surface area contributed by atoms with Gasteiger partial charge in [-0.05, 0) is 12.8 Å². The van der Waals surface area contributed by atoms with Crippen LogP contribution in [0.3, 0.4) is 0 Å². The summed E-state index contributed by atoms with van der Waals surface area (Å²) in [6, 6.07) is -0.459. The molecule has 66 valence electrons. The molecule has 0 aromatic carbocycles. The van der Waals surface area contributed by atoms with Crippen LogP contribution in [0.15, 0.2) is 0 Å². The van der Waals surface area contributed by atoms with Crippen molar-refractivity contribution in [3.8, 4) is 0 Å². The molecule has 0 aliphatic carbocycles. The Labute approximate surface area is 64.7 Å². The molecule has 1 unspecified atom stereocenters. The first-order valence-corrected chi connectivity index (χ1v) is 3.42. The lowest BCUT2D eigenvalue weighted by Crippen LogP contribution is -2.36. The van der Waals surface area contributed by atoms with E-state index in [4.69, 9.17) is 15.3 Å². The quantitative estimate of drug-likeness (QED) is 0.435. The van der Waals surface area contributed by atoms with Crippen LogP contribution >= 0.6 is 0 Å². The number of carboxylic acid groups (broad SMARTS) is 1. The highest BCUT2D eigenvalue weighted by atomic mass is 16.4. The summed E-state index contributed by atoms with van der Waals surface area (Å²) in [4.78, 5) is 10.0. The predicted octanol–water partition coefficient (Wildman–Crippen LogP) is -0.613. The van der Waals surface area contributed by atoms with Crippen molar-refractivity contribution in [2.75, 3.05) is 13.2 Å². The minimum Gasteiger partial charge on any atom is -0.465 e. The van der Waals surface area contributed by atoms with E-state index >= 15 is 0 Å². The molecule has 0 aliphatic heterocycles. The van der Waals surface area contributed by atoms with Crippen LogP contribution in [0.25, 0.3) is 0 Å². The molecule has 0 aliphatic rings. The summed E-state index contributed by atoms with van der Waals surface area (Å²) in [6.45, 7) is -0.218. The van der Waals surface area contributed by atoms with Crippen molar-refractivity contribution in [1.82, 2.24) is 5.32 Å². The topological polar surface area (TPSA) is 89.8 Å². The van der Waals surface area contributed by atoms with E-state index in [1.165, 1.54) is 0 Å². The van der Waals surface area contributed by atoms with Crippen molar-refractivity contribution in [3.63, 3.8) is 0 Å². The minimum atomic E-state index is -1.15. The average Bonchev–Trinajstić information content (AvgIpc) is 1.97. The standard InChI is InChI=1S/C6H13NO4/c8-3-1-2-5(4-9)7-6(10)11/h5,7-9H,1-4H2,(H,10,11). The maximum absolute atomic E-state index is 10.0. The number of rotatable bonds is 5. The lowest BCUT2D eigenvalue weighted by atomic mass is 10.2. The van der Waals surface area contributed by atoms with E-state index in [0.717, 1.165) is 0 Å². The van der Waals surface area contributed by atoms with Crippen molar-refractivity contribution < 1.29 is 20.1 Å². The third-order valence-corrected chi connectivity index (χ3v) is 1.26. The molecule has 0 fully saturated rings. The zero-order valence-corrected chi connectivity index (χ0v) is 6.16. The molecule has 0 spiro atoms. The molecule has 0 rings (SSSR count). The second-order valence-electron chi connectivity index (χ2n) is 2.19. The first-order valence-electron chi connectivity index (χ1n) is 3.42. The first kappa shape index (κ1) is 10.2. The second kappa shape index (κ2) is 5.94. The molecule has 1 amide bonds. The van der Waals surface area contributed by atoms with Crippen molar-refractivity contribution in [2.24, 2.45) is 0 Å². The maximum Gasteiger partial charge on any atom is 0.404 e. The zero-order valence-electron chi connectivity index (χ0n) is 6.16. The molecule has 11 heavy (non-hydrogen) atoms. The third-order valence-electron chi connectivity index (χ3n) is 1.26. The van der Waals surface area contributed by atoms with Gasteiger partial charge in [-0.2, -0.15) is 0 Å². The van der Waals surface area contributed by atoms with E-state index in [1.807, 2.05) is 0 Å². The van der Waals surface area contributed by atoms with Gasteiger partial charge in [0, 0.05) is 6.61 Å². The van der Waals surface area contributed by atoms with Crippen molar-refractivity contribution in [3.05, 3.63) is 0 Å². The molecule has 0 aromatic heterocycles. The normalized spacial score (nSPS) is 12.5. The van der Waals surface area contributed by atoms with Gasteiger partial charge >= 0.3 is 6.09 Å². The van der Waals surface area contributed by atoms with Crippen molar-refractivity contribution >= 4 is 6.09 Å². The Morgan fingerprint density at radius 1 is 1.45 bits per heavy atom. The molecule has 4 N–H and O–H groups in total. The molecule has 5 heteroatoms. The summed E-state index contributed by atoms with van der Waals surface area (Å²) in [5, 5.41) is 27.3. The lowest BCUT2D eigenvalue weighted by Gasteiger charge is -2.12. The van der Waals surface area contributed by atoms with Gasteiger partial charge in [0.15, 0.2) is 0 Å². The highest BCUT2D eigenvalue weighted by molar-refractivity contribution is 5.64. The van der Waals surface area contributed by atoms with Gasteiger partial charge in [0.2, 0.25) is 0 Å². The molecule has 0 saturated carbocycles. The third kappa shape index (κ3) is 5.63. The van der Waals surface area contributed by atoms with E-state index in [9.17, 15) is 4.79 Å². The van der Waals surface area contributed by atoms with Crippen LogP contribution in [0.4, 0.5) is 4.79 Å². The first-order chi connectivity index (χ1) is 5.20. The van der Waals surface area contributed by atoms with Crippen molar-refractivity contribution in [2.45, 2.75) is 18.9 Å². The van der Waals surface area contributed by atoms with Gasteiger partial charge in [-0.3, -0.25) is 0 Å². The van der Waals surface area contributed by atoms with Gasteiger partial charge < -0.3 is 20.6 Å². The largest absolute Gasteiger partial charge is 0.465 e. The van der Waals surface area contributed by atoms with Crippen LogP contribution in [-0.4, -0.2) is 40.7 Å². The Morgan fingerprint density at radius 2 is 2.09 bits per heavy atom. The molecular formula is C6H13NO4. The van der Waals surface area contributed by atoms with Crippen LogP contribution in [0, 0.1) is 0 Å². The molecule has 5 nitrogen and oxygen atoms in total. The van der Waals surface area contributed by atoms with E-state index in [-0.39, 0.29) is 13.2 Å². The van der Waals surface area contributed by atoms with E-state index in [2.05, 4.69) is 5.32 Å². The Bertz CT molecular complexity index is 117. The Hall–Kier alpha value is -0.810. The van der Waals surface area contributed by atoms with E-state index < -0.39 is 12.1 Å². The van der Waals surface area contributed by atoms with Gasteiger partial charge in [0.05, 0.1) is 12.6 Å². The number of hydrogen-bond donors (Lipinski definition) is 4. The number of amides is 1. The highest BCUT2D eigenvalue weighted by Crippen LogP contribution is 1.94. The fourth-order valence-electron chi connectivity index (χ4n) is 0.721. The Balaban J connectivity index is 3.49. The van der Waals surface area contributed by atoms with Gasteiger partial charge in [0.25, 0.3) is 0 Å². The average molecular weight is 163 g/mol. The lowest BCUT2D eigenvalue weighted by molar-refractivity contribution is 0.171. The number of hydrogen-bond acceptors (Lipinski definition) is 3. The summed E-state index contributed by atoms with van der Waals surface area (Å²) < 4.78 is 0. The molecule has 0 bridgehead atoms. The molecule has 0 radical (unpaired) electrons. The van der Waals surface area contributed by atoms with Gasteiger partial charge in [0.1, 0.15) is 0 Å². The smallest absolute Gasteiger partial charge is 0.404 e. The zero-order chi connectivity index (χ0) is 8.69. The van der Waals surface area contributed by atoms with Gasteiger partial charge in [-0.1, -0.05) is 0 Å². The SMILES string of the molecule is O=C(O)NC(CO)CCCO. The van der Waals surface area contributed by atoms with Crippen LogP contribution in [0.1, 0.15) is 12.8 Å². The second-order valence-corrected chi connectivity index (χ2v) is 2.19. The minimum absolute atomic E-state index is 0.0117. The monoisotopic (exact) mass is 163 g/mol. The summed E-state index contributed by atoms with van der Waals surface area (Å²) >= 11 is 0. The number of aliphatic hydroxyl groups excluding tert-OH is 2. The van der Waals surface area contributed by atoms with Crippen LogP contribution in [-0.2, 0) is 0 Å². The van der Waals surface area contributed by atoms with Gasteiger partial charge in [-0.25, -0.2) is 4.79 Å². The van der Waals surface area contributed by atoms with Crippen LogP contribution in [0.2, 0.25) is 0 Å². The molecule has 0 heterocycles. The van der Waals surface area contributed by atoms with Crippen LogP contribution in [0.5, 0.6) is 0 Å². The number of carbonyl (C=O) groups is 1. The number of nitrogens with one attached hydrogen (secondary N) is 1. The highest BCUT2D eigenvalue weighted by Gasteiger charge is 2.08. The Kier molecular flexibility index (Phi) is 5.50. The van der Waals surface area contributed by atoms with Crippen LogP contribution < -0.4 is 5.32 Å². The predicted molar refractivity (Wildman–Crippen MR) is 38.4 cm³/mol. The van der Waals surface area contributed by atoms with E-state index in [1.54, 1.807) is 0 Å². The summed E-state index contributed by atoms with van der Waals surface area (Å²) in [5.74, 6) is 0. The fourth-order valence-corrected chi connectivity index (χ4v) is 0.721. The molecule has 0 aromatic rings. The molecule has 0 saturated heterocycles. The molecule has 1 atom stereocenters. The number of aliphatic hydroxyl groups is 2. The van der Waals surface area contributed by atoms with Crippen molar-refractivity contribution in [1.29, 1.82) is 0 Å². The maximum atomic E-state index is 10.0. The van der Waals surface area contributed by atoms with E-state index in [0.29, 0.717) is 12.8 Å². The summed E-state index contributed by atoms with van der Waals surface area (Å²) in [7, 11) is 0. The fraction of sp³-hybridized carbons (Fsp3) is 0.833. The summed E-state index contributed by atoms with van der Waals surface area (Å²) in [6.07, 6.45) is -0.202. The Morgan fingerprint density at radius 3 is 2.45 bits per heavy atom. The summed E-state index contributed by atoms with van der Waals surface area (Å²) in [5.41, 5.74) is 0. The van der Waals surface area contributed by atoms with Gasteiger partial charge in [-0.15, -0.1) is 0 Å². The molecular weight excluding hydrogens is 150 g/mol.